The predicted octanol–water partition coefficient (Wildman–Crippen LogP) is 1.84. The van der Waals surface area contributed by atoms with Crippen molar-refractivity contribution in [1.82, 2.24) is 4.90 Å². The lowest BCUT2D eigenvalue weighted by molar-refractivity contribution is 0.0494. The van der Waals surface area contributed by atoms with E-state index in [2.05, 4.69) is 0 Å². The average molecular weight is 177 g/mol. The van der Waals surface area contributed by atoms with E-state index in [1.807, 2.05) is 0 Å². The van der Waals surface area contributed by atoms with E-state index in [0.717, 1.165) is 0 Å². The third-order valence-corrected chi connectivity index (χ3v) is 1.95. The summed E-state index contributed by atoms with van der Waals surface area (Å²) in [5, 5.41) is 0. The van der Waals surface area contributed by atoms with Crippen LogP contribution in [0.15, 0.2) is 11.8 Å². The van der Waals surface area contributed by atoms with Crippen LogP contribution in [0.25, 0.3) is 0 Å². The Balaban J connectivity index is 2.59. The second-order valence-corrected chi connectivity index (χ2v) is 2.66. The molecule has 4 heteroatoms. The Hall–Kier alpha value is -0.640. The molecule has 0 amide bonds. The summed E-state index contributed by atoms with van der Waals surface area (Å²) in [6, 6.07) is 0. The van der Waals surface area contributed by atoms with E-state index < -0.39 is 6.08 Å². The zero-order valence-corrected chi connectivity index (χ0v) is 7.15. The zero-order valence-electron chi connectivity index (χ0n) is 7.15. The van der Waals surface area contributed by atoms with Crippen LogP contribution in [0.2, 0.25) is 0 Å². The molecule has 12 heavy (non-hydrogen) atoms. The van der Waals surface area contributed by atoms with Crippen molar-refractivity contribution in [1.29, 1.82) is 0 Å². The van der Waals surface area contributed by atoms with Gasteiger partial charge < -0.3 is 9.64 Å². The molecule has 1 rings (SSSR count). The number of rotatable bonds is 2. The van der Waals surface area contributed by atoms with E-state index in [0.29, 0.717) is 32.7 Å². The largest absolute Gasteiger partial charge is 0.378 e. The van der Waals surface area contributed by atoms with Gasteiger partial charge in [0.15, 0.2) is 0 Å². The normalized spacial score (nSPS) is 17.8. The molecule has 0 unspecified atom stereocenters. The Morgan fingerprint density at radius 1 is 1.33 bits per heavy atom. The first-order valence-corrected chi connectivity index (χ1v) is 4.12. The third-order valence-electron chi connectivity index (χ3n) is 1.95. The molecule has 0 aliphatic carbocycles. The van der Waals surface area contributed by atoms with Crippen molar-refractivity contribution in [3.63, 3.8) is 0 Å². The minimum absolute atomic E-state index is 0.165. The lowest BCUT2D eigenvalue weighted by Gasteiger charge is -2.29. The summed E-state index contributed by atoms with van der Waals surface area (Å²) in [6.45, 7) is 4.01. The van der Waals surface area contributed by atoms with Gasteiger partial charge in [0.2, 0.25) is 0 Å². The average Bonchev–Trinajstić information content (AvgIpc) is 2.07. The molecule has 1 heterocycles. The van der Waals surface area contributed by atoms with Crippen molar-refractivity contribution in [2.24, 2.45) is 0 Å². The molecule has 0 aromatic carbocycles. The third kappa shape index (κ3) is 2.17. The quantitative estimate of drug-likeness (QED) is 0.638. The van der Waals surface area contributed by atoms with Gasteiger partial charge in [-0.3, -0.25) is 0 Å². The van der Waals surface area contributed by atoms with Crippen LogP contribution in [0, 0.1) is 0 Å². The highest BCUT2D eigenvalue weighted by Crippen LogP contribution is 2.17. The Labute approximate surface area is 70.8 Å². The minimum Gasteiger partial charge on any atom is -0.378 e. The zero-order chi connectivity index (χ0) is 8.97. The molecule has 1 saturated heterocycles. The van der Waals surface area contributed by atoms with Gasteiger partial charge in [-0.1, -0.05) is 6.92 Å². The van der Waals surface area contributed by atoms with E-state index in [1.165, 1.54) is 0 Å². The molecule has 0 bridgehead atoms. The van der Waals surface area contributed by atoms with Gasteiger partial charge in [0.1, 0.15) is 0 Å². The first kappa shape index (κ1) is 9.45. The fraction of sp³-hybridized carbons (Fsp3) is 0.750. The van der Waals surface area contributed by atoms with Gasteiger partial charge in [0, 0.05) is 13.1 Å². The SMILES string of the molecule is CCC(=C(F)F)N1CCOCC1. The molecule has 0 spiro atoms. The molecule has 0 N–H and O–H groups in total. The lowest BCUT2D eigenvalue weighted by Crippen LogP contribution is -2.35. The van der Waals surface area contributed by atoms with E-state index in [4.69, 9.17) is 4.74 Å². The summed E-state index contributed by atoms with van der Waals surface area (Å²) in [6.07, 6.45) is -1.16. The highest BCUT2D eigenvalue weighted by molar-refractivity contribution is 5.01. The number of hydrogen-bond donors (Lipinski definition) is 0. The Morgan fingerprint density at radius 2 is 1.92 bits per heavy atom. The maximum absolute atomic E-state index is 12.3. The number of allylic oxidation sites excluding steroid dienone is 1. The monoisotopic (exact) mass is 177 g/mol. The van der Waals surface area contributed by atoms with Crippen molar-refractivity contribution in [2.75, 3.05) is 26.3 Å². The van der Waals surface area contributed by atoms with E-state index in [1.54, 1.807) is 11.8 Å². The summed E-state index contributed by atoms with van der Waals surface area (Å²) in [5.74, 6) is 0. The van der Waals surface area contributed by atoms with Crippen LogP contribution in [-0.2, 0) is 4.74 Å². The minimum atomic E-state index is -1.56. The van der Waals surface area contributed by atoms with Crippen LogP contribution in [0.1, 0.15) is 13.3 Å². The molecule has 0 saturated carbocycles. The van der Waals surface area contributed by atoms with Gasteiger partial charge in [0.25, 0.3) is 6.08 Å². The summed E-state index contributed by atoms with van der Waals surface area (Å²) in [7, 11) is 0. The van der Waals surface area contributed by atoms with E-state index >= 15 is 0 Å². The summed E-state index contributed by atoms with van der Waals surface area (Å²) in [4.78, 5) is 1.69. The van der Waals surface area contributed by atoms with Gasteiger partial charge >= 0.3 is 0 Å². The van der Waals surface area contributed by atoms with Crippen LogP contribution in [0.3, 0.4) is 0 Å². The van der Waals surface area contributed by atoms with E-state index in [-0.39, 0.29) is 5.70 Å². The van der Waals surface area contributed by atoms with Gasteiger partial charge in [-0.2, -0.15) is 8.78 Å². The lowest BCUT2D eigenvalue weighted by atomic mass is 10.3. The summed E-state index contributed by atoms with van der Waals surface area (Å²) < 4.78 is 29.6. The molecule has 0 aromatic rings. The number of halogens is 2. The van der Waals surface area contributed by atoms with Crippen LogP contribution in [-0.4, -0.2) is 31.2 Å². The first-order valence-electron chi connectivity index (χ1n) is 4.12. The van der Waals surface area contributed by atoms with Crippen molar-refractivity contribution in [2.45, 2.75) is 13.3 Å². The highest BCUT2D eigenvalue weighted by atomic mass is 19.3. The van der Waals surface area contributed by atoms with Crippen molar-refractivity contribution in [3.05, 3.63) is 11.8 Å². The van der Waals surface area contributed by atoms with Crippen LogP contribution in [0.4, 0.5) is 8.78 Å². The molecular weight excluding hydrogens is 164 g/mol. The maximum atomic E-state index is 12.3. The number of hydrogen-bond acceptors (Lipinski definition) is 2. The molecule has 0 atom stereocenters. The number of morpholine rings is 1. The van der Waals surface area contributed by atoms with Gasteiger partial charge in [0.05, 0.1) is 18.9 Å². The topological polar surface area (TPSA) is 12.5 Å². The van der Waals surface area contributed by atoms with Crippen molar-refractivity contribution < 1.29 is 13.5 Å². The highest BCUT2D eigenvalue weighted by Gasteiger charge is 2.16. The predicted molar refractivity (Wildman–Crippen MR) is 41.9 cm³/mol. The van der Waals surface area contributed by atoms with Gasteiger partial charge in [-0.05, 0) is 6.42 Å². The number of nitrogens with zero attached hydrogens (tertiary/aromatic N) is 1. The van der Waals surface area contributed by atoms with Gasteiger partial charge in [-0.25, -0.2) is 0 Å². The molecule has 1 aliphatic rings. The second kappa shape index (κ2) is 4.40. The van der Waals surface area contributed by atoms with Crippen molar-refractivity contribution in [3.8, 4) is 0 Å². The maximum Gasteiger partial charge on any atom is 0.289 e. The molecule has 0 aromatic heterocycles. The summed E-state index contributed by atoms with van der Waals surface area (Å²) >= 11 is 0. The van der Waals surface area contributed by atoms with E-state index in [9.17, 15) is 8.78 Å². The molecular formula is C8H13F2NO. The fourth-order valence-electron chi connectivity index (χ4n) is 1.31. The Morgan fingerprint density at radius 3 is 2.33 bits per heavy atom. The summed E-state index contributed by atoms with van der Waals surface area (Å²) in [5.41, 5.74) is 0.165. The van der Waals surface area contributed by atoms with Crippen molar-refractivity contribution >= 4 is 0 Å². The molecule has 1 aliphatic heterocycles. The second-order valence-electron chi connectivity index (χ2n) is 2.66. The Bertz CT molecular complexity index is 172. The van der Waals surface area contributed by atoms with Crippen LogP contribution >= 0.6 is 0 Å². The van der Waals surface area contributed by atoms with Crippen LogP contribution < -0.4 is 0 Å². The number of ether oxygens (including phenoxy) is 1. The first-order chi connectivity index (χ1) is 5.75. The molecule has 2 nitrogen and oxygen atoms in total. The fourth-order valence-corrected chi connectivity index (χ4v) is 1.31. The Kier molecular flexibility index (Phi) is 3.47. The standard InChI is InChI=1S/C8H13F2NO/c1-2-7(8(9)10)11-3-5-12-6-4-11/h2-6H2,1H3. The molecule has 0 radical (unpaired) electrons. The van der Waals surface area contributed by atoms with Gasteiger partial charge in [-0.15, -0.1) is 0 Å². The molecule has 1 fully saturated rings. The smallest absolute Gasteiger partial charge is 0.289 e. The molecule has 70 valence electrons. The van der Waals surface area contributed by atoms with Crippen LogP contribution in [0.5, 0.6) is 0 Å².